The van der Waals surface area contributed by atoms with Crippen molar-refractivity contribution in [2.75, 3.05) is 10.6 Å². The molecule has 2 aromatic rings. The van der Waals surface area contributed by atoms with Crippen LogP contribution in [-0.4, -0.2) is 22.9 Å². The summed E-state index contributed by atoms with van der Waals surface area (Å²) in [7, 11) is 0. The van der Waals surface area contributed by atoms with E-state index in [1.54, 1.807) is 12.1 Å². The Morgan fingerprint density at radius 1 is 1.03 bits per heavy atom. The molecule has 3 N–H and O–H groups in total. The standard InChI is InChI=1S/C19H14ClF3N2O4/c20-10-4-5-15(14(7-10)19(21,22)23)25-17(27)16(26)24-11-3-1-2-9(6-11)12-8-13(12)18(28)29/h1-7,12-13H,8H2,(H,24,26)(H,25,27)(H,28,29). The van der Waals surface area contributed by atoms with E-state index in [0.717, 1.165) is 12.1 Å². The molecule has 0 saturated heterocycles. The Bertz CT molecular complexity index is 994. The molecule has 0 aromatic heterocycles. The van der Waals surface area contributed by atoms with Crippen LogP contribution in [0.3, 0.4) is 0 Å². The molecule has 2 unspecified atom stereocenters. The number of halogens is 4. The quantitative estimate of drug-likeness (QED) is 0.641. The molecule has 1 saturated carbocycles. The number of hydrogen-bond acceptors (Lipinski definition) is 3. The molecule has 0 heterocycles. The zero-order valence-corrected chi connectivity index (χ0v) is 15.3. The molecule has 0 radical (unpaired) electrons. The summed E-state index contributed by atoms with van der Waals surface area (Å²) in [5.74, 6) is -4.04. The molecular weight excluding hydrogens is 413 g/mol. The lowest BCUT2D eigenvalue weighted by Crippen LogP contribution is -2.30. The fourth-order valence-corrected chi connectivity index (χ4v) is 3.08. The van der Waals surface area contributed by atoms with Crippen molar-refractivity contribution in [2.45, 2.75) is 18.5 Å². The second-order valence-corrected chi connectivity index (χ2v) is 6.94. The van der Waals surface area contributed by atoms with Crippen molar-refractivity contribution >= 4 is 40.8 Å². The van der Waals surface area contributed by atoms with Gasteiger partial charge in [0.05, 0.1) is 17.2 Å². The van der Waals surface area contributed by atoms with Crippen molar-refractivity contribution in [3.63, 3.8) is 0 Å². The molecule has 10 heteroatoms. The third-order valence-corrected chi connectivity index (χ3v) is 4.66. The third-order valence-electron chi connectivity index (χ3n) is 4.42. The Balaban J connectivity index is 1.70. The van der Waals surface area contributed by atoms with E-state index in [9.17, 15) is 27.6 Å². The number of aliphatic carboxylic acids is 1. The number of carbonyl (C=O) groups is 3. The van der Waals surface area contributed by atoms with Gasteiger partial charge in [-0.3, -0.25) is 14.4 Å². The number of amides is 2. The largest absolute Gasteiger partial charge is 0.481 e. The van der Waals surface area contributed by atoms with Gasteiger partial charge in [-0.1, -0.05) is 23.7 Å². The summed E-state index contributed by atoms with van der Waals surface area (Å²) in [4.78, 5) is 35.1. The van der Waals surface area contributed by atoms with Gasteiger partial charge in [-0.05, 0) is 48.2 Å². The average Bonchev–Trinajstić information content (AvgIpc) is 3.43. The van der Waals surface area contributed by atoms with Gasteiger partial charge in [-0.2, -0.15) is 13.2 Å². The molecule has 1 aliphatic carbocycles. The van der Waals surface area contributed by atoms with Gasteiger partial charge in [0.15, 0.2) is 0 Å². The Hall–Kier alpha value is -3.07. The highest BCUT2D eigenvalue weighted by Gasteiger charge is 2.44. The highest BCUT2D eigenvalue weighted by Crippen LogP contribution is 2.47. The highest BCUT2D eigenvalue weighted by atomic mass is 35.5. The minimum Gasteiger partial charge on any atom is -0.481 e. The molecule has 6 nitrogen and oxygen atoms in total. The summed E-state index contributed by atoms with van der Waals surface area (Å²) in [6, 6.07) is 9.05. The Labute approximate surface area is 167 Å². The van der Waals surface area contributed by atoms with Gasteiger partial charge in [0, 0.05) is 10.7 Å². The summed E-state index contributed by atoms with van der Waals surface area (Å²) in [6.45, 7) is 0. The van der Waals surface area contributed by atoms with E-state index < -0.39 is 41.1 Å². The average molecular weight is 427 g/mol. The van der Waals surface area contributed by atoms with Gasteiger partial charge < -0.3 is 15.7 Å². The number of carbonyl (C=O) groups excluding carboxylic acids is 2. The topological polar surface area (TPSA) is 95.5 Å². The van der Waals surface area contributed by atoms with Crippen molar-refractivity contribution in [3.05, 3.63) is 58.6 Å². The Morgan fingerprint density at radius 3 is 2.34 bits per heavy atom. The van der Waals surface area contributed by atoms with Crippen LogP contribution in [0.25, 0.3) is 0 Å². The normalized spacial score (nSPS) is 18.1. The summed E-state index contributed by atoms with van der Waals surface area (Å²) in [6.07, 6.45) is -4.30. The molecule has 1 fully saturated rings. The van der Waals surface area contributed by atoms with Gasteiger partial charge in [0.2, 0.25) is 0 Å². The second-order valence-electron chi connectivity index (χ2n) is 6.51. The van der Waals surface area contributed by atoms with Crippen molar-refractivity contribution < 1.29 is 32.7 Å². The highest BCUT2D eigenvalue weighted by molar-refractivity contribution is 6.43. The second kappa shape index (κ2) is 7.75. The number of alkyl halides is 3. The number of nitrogens with one attached hydrogen (secondary N) is 2. The van der Waals surface area contributed by atoms with Crippen LogP contribution in [0.1, 0.15) is 23.5 Å². The van der Waals surface area contributed by atoms with Crippen LogP contribution in [0, 0.1) is 5.92 Å². The zero-order chi connectivity index (χ0) is 21.3. The first-order valence-corrected chi connectivity index (χ1v) is 8.76. The summed E-state index contributed by atoms with van der Waals surface area (Å²) >= 11 is 5.58. The van der Waals surface area contributed by atoms with E-state index in [0.29, 0.717) is 18.1 Å². The number of rotatable bonds is 4. The van der Waals surface area contributed by atoms with Gasteiger partial charge in [-0.25, -0.2) is 0 Å². The van der Waals surface area contributed by atoms with Crippen molar-refractivity contribution in [1.82, 2.24) is 0 Å². The van der Waals surface area contributed by atoms with E-state index in [1.807, 2.05) is 5.32 Å². The van der Waals surface area contributed by atoms with E-state index in [2.05, 4.69) is 5.32 Å². The minimum atomic E-state index is -4.77. The van der Waals surface area contributed by atoms with Crippen LogP contribution in [0.5, 0.6) is 0 Å². The fraction of sp³-hybridized carbons (Fsp3) is 0.211. The van der Waals surface area contributed by atoms with Crippen LogP contribution >= 0.6 is 11.6 Å². The predicted octanol–water partition coefficient (Wildman–Crippen LogP) is 4.12. The maximum absolute atomic E-state index is 13.1. The minimum absolute atomic E-state index is 0.170. The summed E-state index contributed by atoms with van der Waals surface area (Å²) in [5.41, 5.74) is -0.863. The van der Waals surface area contributed by atoms with Crippen LogP contribution < -0.4 is 10.6 Å². The lowest BCUT2D eigenvalue weighted by atomic mass is 10.1. The SMILES string of the molecule is O=C(Nc1cccc(C2CC2C(=O)O)c1)C(=O)Nc1ccc(Cl)cc1C(F)(F)F. The van der Waals surface area contributed by atoms with Crippen molar-refractivity contribution in [1.29, 1.82) is 0 Å². The molecule has 1 aliphatic rings. The summed E-state index contributed by atoms with van der Waals surface area (Å²) in [5, 5.41) is 13.0. The Morgan fingerprint density at radius 2 is 1.72 bits per heavy atom. The molecule has 3 rings (SSSR count). The maximum Gasteiger partial charge on any atom is 0.418 e. The molecule has 29 heavy (non-hydrogen) atoms. The predicted molar refractivity (Wildman–Crippen MR) is 98.6 cm³/mol. The van der Waals surface area contributed by atoms with Crippen LogP contribution in [0.4, 0.5) is 24.5 Å². The lowest BCUT2D eigenvalue weighted by Gasteiger charge is -2.14. The van der Waals surface area contributed by atoms with Gasteiger partial charge >= 0.3 is 24.0 Å². The first kappa shape index (κ1) is 20.7. The smallest absolute Gasteiger partial charge is 0.418 e. The van der Waals surface area contributed by atoms with Gasteiger partial charge in [-0.15, -0.1) is 0 Å². The monoisotopic (exact) mass is 426 g/mol. The van der Waals surface area contributed by atoms with E-state index in [-0.39, 0.29) is 16.6 Å². The van der Waals surface area contributed by atoms with E-state index in [4.69, 9.17) is 16.7 Å². The van der Waals surface area contributed by atoms with Crippen LogP contribution in [0.15, 0.2) is 42.5 Å². The van der Waals surface area contributed by atoms with E-state index >= 15 is 0 Å². The number of carboxylic acid groups (broad SMARTS) is 1. The Kier molecular flexibility index (Phi) is 5.52. The molecule has 2 atom stereocenters. The zero-order valence-electron chi connectivity index (χ0n) is 14.6. The molecule has 0 bridgehead atoms. The summed E-state index contributed by atoms with van der Waals surface area (Å²) < 4.78 is 39.3. The fourth-order valence-electron chi connectivity index (χ4n) is 2.91. The number of carboxylic acids is 1. The molecular formula is C19H14ClF3N2O4. The molecule has 2 aromatic carbocycles. The van der Waals surface area contributed by atoms with Crippen LogP contribution in [0.2, 0.25) is 5.02 Å². The molecule has 0 aliphatic heterocycles. The molecule has 152 valence electrons. The number of anilines is 2. The first-order valence-electron chi connectivity index (χ1n) is 8.38. The first-order chi connectivity index (χ1) is 13.6. The maximum atomic E-state index is 13.1. The molecule has 0 spiro atoms. The third kappa shape index (κ3) is 4.86. The number of hydrogen-bond donors (Lipinski definition) is 3. The van der Waals surface area contributed by atoms with Crippen molar-refractivity contribution in [2.24, 2.45) is 5.92 Å². The van der Waals surface area contributed by atoms with E-state index in [1.165, 1.54) is 12.1 Å². The number of benzene rings is 2. The van der Waals surface area contributed by atoms with Gasteiger partial charge in [0.25, 0.3) is 0 Å². The van der Waals surface area contributed by atoms with Gasteiger partial charge in [0.1, 0.15) is 0 Å². The van der Waals surface area contributed by atoms with Crippen LogP contribution in [-0.2, 0) is 20.6 Å². The lowest BCUT2D eigenvalue weighted by molar-refractivity contribution is -0.139. The van der Waals surface area contributed by atoms with Crippen molar-refractivity contribution in [3.8, 4) is 0 Å². The molecule has 2 amide bonds.